The van der Waals surface area contributed by atoms with Crippen LogP contribution in [0.2, 0.25) is 0 Å². The average molecular weight is 339 g/mol. The first kappa shape index (κ1) is 13.9. The SMILES string of the molecule is O=C(O)c1ccc(NC2CCN3CCCC3C2)c(Br)c1. The molecule has 2 aliphatic rings. The summed E-state index contributed by atoms with van der Waals surface area (Å²) in [4.78, 5) is 13.5. The number of carboxylic acids is 1. The van der Waals surface area contributed by atoms with Crippen LogP contribution >= 0.6 is 15.9 Å². The highest BCUT2D eigenvalue weighted by Gasteiger charge is 2.31. The standard InChI is InChI=1S/C15H19BrN2O2/c16-13-8-10(15(19)20)3-4-14(13)17-11-5-7-18-6-1-2-12(18)9-11/h3-4,8,11-12,17H,1-2,5-7,9H2,(H,19,20). The van der Waals surface area contributed by atoms with E-state index in [0.29, 0.717) is 11.6 Å². The Hall–Kier alpha value is -1.07. The van der Waals surface area contributed by atoms with Gasteiger partial charge in [-0.25, -0.2) is 4.79 Å². The molecule has 0 radical (unpaired) electrons. The maximum absolute atomic E-state index is 10.9. The van der Waals surface area contributed by atoms with Gasteiger partial charge in [-0.3, -0.25) is 0 Å². The van der Waals surface area contributed by atoms with Gasteiger partial charge in [-0.2, -0.15) is 0 Å². The van der Waals surface area contributed by atoms with Crippen LogP contribution in [0.5, 0.6) is 0 Å². The summed E-state index contributed by atoms with van der Waals surface area (Å²) in [5.41, 5.74) is 1.31. The monoisotopic (exact) mass is 338 g/mol. The number of hydrogen-bond donors (Lipinski definition) is 2. The molecule has 108 valence electrons. The molecule has 0 spiro atoms. The summed E-state index contributed by atoms with van der Waals surface area (Å²) < 4.78 is 0.825. The lowest BCUT2D eigenvalue weighted by molar-refractivity contribution is 0.0697. The fraction of sp³-hybridized carbons (Fsp3) is 0.533. The molecular weight excluding hydrogens is 320 g/mol. The second-order valence-corrected chi connectivity index (χ2v) is 6.55. The fourth-order valence-electron chi connectivity index (χ4n) is 3.34. The highest BCUT2D eigenvalue weighted by molar-refractivity contribution is 9.10. The second-order valence-electron chi connectivity index (χ2n) is 5.70. The summed E-state index contributed by atoms with van der Waals surface area (Å²) in [6.07, 6.45) is 4.99. The quantitative estimate of drug-likeness (QED) is 0.888. The van der Waals surface area contributed by atoms with E-state index < -0.39 is 5.97 Å². The normalized spacial score (nSPS) is 26.2. The van der Waals surface area contributed by atoms with E-state index in [1.54, 1.807) is 12.1 Å². The predicted octanol–water partition coefficient (Wildman–Crippen LogP) is 3.19. The van der Waals surface area contributed by atoms with Gasteiger partial charge < -0.3 is 15.3 Å². The lowest BCUT2D eigenvalue weighted by Crippen LogP contribution is -2.42. The molecule has 2 saturated heterocycles. The van der Waals surface area contributed by atoms with E-state index in [1.807, 2.05) is 6.07 Å². The summed E-state index contributed by atoms with van der Waals surface area (Å²) in [7, 11) is 0. The van der Waals surface area contributed by atoms with Gasteiger partial charge in [0.2, 0.25) is 0 Å². The van der Waals surface area contributed by atoms with Crippen LogP contribution < -0.4 is 5.32 Å². The summed E-state index contributed by atoms with van der Waals surface area (Å²) in [5.74, 6) is -0.892. The van der Waals surface area contributed by atoms with Crippen molar-refractivity contribution >= 4 is 27.6 Å². The number of rotatable bonds is 3. The third-order valence-corrected chi connectivity index (χ3v) is 5.05. The Morgan fingerprint density at radius 3 is 2.95 bits per heavy atom. The molecule has 1 aromatic rings. The minimum Gasteiger partial charge on any atom is -0.478 e. The van der Waals surface area contributed by atoms with Crippen LogP contribution in [0, 0.1) is 0 Å². The largest absolute Gasteiger partial charge is 0.478 e. The van der Waals surface area contributed by atoms with Crippen LogP contribution in [0.4, 0.5) is 5.69 Å². The maximum Gasteiger partial charge on any atom is 0.335 e. The predicted molar refractivity (Wildman–Crippen MR) is 82.3 cm³/mol. The average Bonchev–Trinajstić information content (AvgIpc) is 2.88. The molecule has 0 aliphatic carbocycles. The number of carbonyl (C=O) groups is 1. The second kappa shape index (κ2) is 5.74. The van der Waals surface area contributed by atoms with Gasteiger partial charge in [0.25, 0.3) is 0 Å². The smallest absolute Gasteiger partial charge is 0.335 e. The molecule has 2 unspecified atom stereocenters. The number of nitrogens with zero attached hydrogens (tertiary/aromatic N) is 1. The molecule has 2 heterocycles. The highest BCUT2D eigenvalue weighted by atomic mass is 79.9. The summed E-state index contributed by atoms with van der Waals surface area (Å²) >= 11 is 3.46. The minimum atomic E-state index is -0.892. The molecule has 20 heavy (non-hydrogen) atoms. The lowest BCUT2D eigenvalue weighted by Gasteiger charge is -2.35. The van der Waals surface area contributed by atoms with Crippen molar-refractivity contribution in [3.63, 3.8) is 0 Å². The molecule has 0 amide bonds. The highest BCUT2D eigenvalue weighted by Crippen LogP contribution is 2.31. The first-order valence-electron chi connectivity index (χ1n) is 7.17. The van der Waals surface area contributed by atoms with Gasteiger partial charge in [0.05, 0.1) is 5.56 Å². The maximum atomic E-state index is 10.9. The Balaban J connectivity index is 1.67. The third-order valence-electron chi connectivity index (χ3n) is 4.40. The van der Waals surface area contributed by atoms with Crippen LogP contribution in [-0.4, -0.2) is 41.1 Å². The number of hydrogen-bond acceptors (Lipinski definition) is 3. The molecule has 5 heteroatoms. The van der Waals surface area contributed by atoms with Crippen molar-refractivity contribution in [2.45, 2.75) is 37.8 Å². The number of halogens is 1. The molecule has 2 fully saturated rings. The van der Waals surface area contributed by atoms with E-state index in [0.717, 1.165) is 22.6 Å². The van der Waals surface area contributed by atoms with Crippen LogP contribution in [-0.2, 0) is 0 Å². The Kier molecular flexibility index (Phi) is 3.98. The van der Waals surface area contributed by atoms with Crippen molar-refractivity contribution in [2.75, 3.05) is 18.4 Å². The minimum absolute atomic E-state index is 0.313. The van der Waals surface area contributed by atoms with E-state index in [-0.39, 0.29) is 0 Å². The molecule has 2 aliphatic heterocycles. The summed E-state index contributed by atoms with van der Waals surface area (Å²) in [6, 6.07) is 6.39. The van der Waals surface area contributed by atoms with Gasteiger partial charge in [0.1, 0.15) is 0 Å². The Morgan fingerprint density at radius 1 is 1.35 bits per heavy atom. The van der Waals surface area contributed by atoms with Gasteiger partial charge in [-0.1, -0.05) is 0 Å². The first-order valence-corrected chi connectivity index (χ1v) is 7.96. The number of aromatic carboxylic acids is 1. The van der Waals surface area contributed by atoms with E-state index >= 15 is 0 Å². The van der Waals surface area contributed by atoms with Crippen molar-refractivity contribution in [3.05, 3.63) is 28.2 Å². The number of anilines is 1. The van der Waals surface area contributed by atoms with Gasteiger partial charge in [-0.15, -0.1) is 0 Å². The Bertz CT molecular complexity index is 521. The van der Waals surface area contributed by atoms with E-state index in [1.165, 1.54) is 32.4 Å². The molecule has 4 nitrogen and oxygen atoms in total. The number of carboxylic acid groups (broad SMARTS) is 1. The molecule has 1 aromatic carbocycles. The Labute approximate surface area is 127 Å². The van der Waals surface area contributed by atoms with E-state index in [9.17, 15) is 4.79 Å². The zero-order valence-electron chi connectivity index (χ0n) is 11.3. The Morgan fingerprint density at radius 2 is 2.20 bits per heavy atom. The zero-order valence-corrected chi connectivity index (χ0v) is 12.9. The number of benzene rings is 1. The van der Waals surface area contributed by atoms with Gasteiger partial charge in [0.15, 0.2) is 0 Å². The van der Waals surface area contributed by atoms with Crippen LogP contribution in [0.25, 0.3) is 0 Å². The van der Waals surface area contributed by atoms with Gasteiger partial charge >= 0.3 is 5.97 Å². The first-order chi connectivity index (χ1) is 9.63. The van der Waals surface area contributed by atoms with Crippen molar-refractivity contribution in [1.82, 2.24) is 4.90 Å². The van der Waals surface area contributed by atoms with Crippen molar-refractivity contribution in [3.8, 4) is 0 Å². The topological polar surface area (TPSA) is 52.6 Å². The van der Waals surface area contributed by atoms with Gasteiger partial charge in [0, 0.05) is 28.8 Å². The molecule has 0 aromatic heterocycles. The number of piperidine rings is 1. The lowest BCUT2D eigenvalue weighted by atomic mass is 9.97. The summed E-state index contributed by atoms with van der Waals surface area (Å²) in [6.45, 7) is 2.43. The number of nitrogens with one attached hydrogen (secondary N) is 1. The molecule has 2 atom stereocenters. The zero-order chi connectivity index (χ0) is 14.1. The summed E-state index contributed by atoms with van der Waals surface area (Å²) in [5, 5.41) is 12.5. The molecule has 0 bridgehead atoms. The van der Waals surface area contributed by atoms with Crippen LogP contribution in [0.15, 0.2) is 22.7 Å². The fourth-order valence-corrected chi connectivity index (χ4v) is 3.83. The van der Waals surface area contributed by atoms with E-state index in [2.05, 4.69) is 26.1 Å². The van der Waals surface area contributed by atoms with Crippen molar-refractivity contribution in [1.29, 1.82) is 0 Å². The number of fused-ring (bicyclic) bond motifs is 1. The van der Waals surface area contributed by atoms with Crippen LogP contribution in [0.3, 0.4) is 0 Å². The van der Waals surface area contributed by atoms with Gasteiger partial charge in [-0.05, 0) is 66.4 Å². The molecular formula is C15H19BrN2O2. The molecule has 3 rings (SSSR count). The van der Waals surface area contributed by atoms with Crippen LogP contribution in [0.1, 0.15) is 36.0 Å². The van der Waals surface area contributed by atoms with Crippen molar-refractivity contribution < 1.29 is 9.90 Å². The molecule has 2 N–H and O–H groups in total. The van der Waals surface area contributed by atoms with E-state index in [4.69, 9.17) is 5.11 Å². The van der Waals surface area contributed by atoms with Crippen molar-refractivity contribution in [2.24, 2.45) is 0 Å². The molecule has 0 saturated carbocycles. The third kappa shape index (κ3) is 2.83.